The van der Waals surface area contributed by atoms with Gasteiger partial charge in [0.05, 0.1) is 0 Å². The van der Waals surface area contributed by atoms with Crippen molar-refractivity contribution in [3.8, 4) is 0 Å². The molecule has 0 atom stereocenters. The van der Waals surface area contributed by atoms with Gasteiger partial charge in [-0.05, 0) is 36.3 Å². The lowest BCUT2D eigenvalue weighted by atomic mass is 10.1. The highest BCUT2D eigenvalue weighted by molar-refractivity contribution is 7.10. The molecule has 0 amide bonds. The first kappa shape index (κ1) is 17.0. The normalized spacial score (nSPS) is 15.5. The zero-order valence-electron chi connectivity index (χ0n) is 13.8. The van der Waals surface area contributed by atoms with Crippen LogP contribution >= 0.6 is 11.3 Å². The average Bonchev–Trinajstić information content (AvgIpc) is 2.99. The van der Waals surface area contributed by atoms with Gasteiger partial charge in [-0.1, -0.05) is 6.08 Å². The molecule has 1 aromatic rings. The molecule has 0 spiro atoms. The van der Waals surface area contributed by atoms with E-state index in [1.165, 1.54) is 18.5 Å². The topological polar surface area (TPSA) is 30.9 Å². The quantitative estimate of drug-likeness (QED) is 0.363. The smallest absolute Gasteiger partial charge is 0.193 e. The van der Waals surface area contributed by atoms with Crippen molar-refractivity contribution in [1.29, 1.82) is 0 Å². The maximum absolute atomic E-state index is 4.37. The summed E-state index contributed by atoms with van der Waals surface area (Å²) in [5, 5.41) is 5.69. The standard InChI is InChI=1S/C17H28N4S/c1-4-5-6-10-20(3)17(18-2)19-9-12-21-11-7-16-15(14-21)8-13-22-16/h4,8,13H,1,5-7,9-12,14H2,2-3H3,(H,18,19). The van der Waals surface area contributed by atoms with Crippen LogP contribution in [0, 0.1) is 0 Å². The Morgan fingerprint density at radius 2 is 2.45 bits per heavy atom. The molecule has 1 aliphatic rings. The van der Waals surface area contributed by atoms with E-state index in [1.807, 2.05) is 24.5 Å². The third-order valence-corrected chi connectivity index (χ3v) is 5.10. The summed E-state index contributed by atoms with van der Waals surface area (Å²) in [6, 6.07) is 2.27. The van der Waals surface area contributed by atoms with Gasteiger partial charge in [-0.15, -0.1) is 17.9 Å². The average molecular weight is 321 g/mol. The van der Waals surface area contributed by atoms with E-state index in [0.29, 0.717) is 0 Å². The van der Waals surface area contributed by atoms with Gasteiger partial charge in [-0.25, -0.2) is 0 Å². The van der Waals surface area contributed by atoms with Crippen molar-refractivity contribution in [3.05, 3.63) is 34.5 Å². The molecular formula is C17H28N4S. The number of guanidine groups is 1. The number of hydrogen-bond acceptors (Lipinski definition) is 3. The van der Waals surface area contributed by atoms with Gasteiger partial charge < -0.3 is 10.2 Å². The molecule has 2 rings (SSSR count). The molecule has 1 aliphatic heterocycles. The first-order valence-corrected chi connectivity index (χ1v) is 8.93. The molecule has 0 bridgehead atoms. The fourth-order valence-electron chi connectivity index (χ4n) is 2.79. The highest BCUT2D eigenvalue weighted by Gasteiger charge is 2.16. The predicted octanol–water partition coefficient (Wildman–Crippen LogP) is 2.58. The number of thiophene rings is 1. The molecule has 0 unspecified atom stereocenters. The summed E-state index contributed by atoms with van der Waals surface area (Å²) < 4.78 is 0. The molecule has 2 heterocycles. The summed E-state index contributed by atoms with van der Waals surface area (Å²) in [5.41, 5.74) is 1.52. The van der Waals surface area contributed by atoms with Crippen LogP contribution in [0.25, 0.3) is 0 Å². The molecule has 122 valence electrons. The Kier molecular flexibility index (Phi) is 6.93. The second-order valence-electron chi connectivity index (χ2n) is 5.72. The van der Waals surface area contributed by atoms with Crippen molar-refractivity contribution < 1.29 is 0 Å². The van der Waals surface area contributed by atoms with E-state index in [0.717, 1.165) is 45.0 Å². The number of allylic oxidation sites excluding steroid dienone is 1. The third kappa shape index (κ3) is 4.85. The van der Waals surface area contributed by atoms with E-state index in [9.17, 15) is 0 Å². The van der Waals surface area contributed by atoms with Gasteiger partial charge in [0.25, 0.3) is 0 Å². The van der Waals surface area contributed by atoms with Gasteiger partial charge in [-0.3, -0.25) is 9.89 Å². The molecule has 0 aromatic carbocycles. The van der Waals surface area contributed by atoms with E-state index in [2.05, 4.69) is 45.2 Å². The summed E-state index contributed by atoms with van der Waals surface area (Å²) >= 11 is 1.90. The summed E-state index contributed by atoms with van der Waals surface area (Å²) in [6.07, 6.45) is 5.34. The van der Waals surface area contributed by atoms with Crippen molar-refractivity contribution in [2.75, 3.05) is 40.3 Å². The number of nitrogens with one attached hydrogen (secondary N) is 1. The maximum atomic E-state index is 4.37. The van der Waals surface area contributed by atoms with E-state index < -0.39 is 0 Å². The zero-order chi connectivity index (χ0) is 15.8. The molecule has 1 N–H and O–H groups in total. The van der Waals surface area contributed by atoms with Crippen LogP contribution < -0.4 is 5.32 Å². The summed E-state index contributed by atoms with van der Waals surface area (Å²) in [4.78, 5) is 10.6. The van der Waals surface area contributed by atoms with Crippen molar-refractivity contribution in [2.24, 2.45) is 4.99 Å². The molecule has 0 aliphatic carbocycles. The lowest BCUT2D eigenvalue weighted by Gasteiger charge is -2.28. The van der Waals surface area contributed by atoms with Crippen molar-refractivity contribution in [3.63, 3.8) is 0 Å². The fourth-order valence-corrected chi connectivity index (χ4v) is 3.68. The first-order chi connectivity index (χ1) is 10.7. The van der Waals surface area contributed by atoms with Gasteiger partial charge in [0.2, 0.25) is 0 Å². The van der Waals surface area contributed by atoms with Gasteiger partial charge >= 0.3 is 0 Å². The van der Waals surface area contributed by atoms with E-state index in [-0.39, 0.29) is 0 Å². The minimum atomic E-state index is 0.942. The number of hydrogen-bond donors (Lipinski definition) is 1. The molecule has 1 aromatic heterocycles. The van der Waals surface area contributed by atoms with Gasteiger partial charge in [-0.2, -0.15) is 0 Å². The number of aliphatic imine (C=N–C) groups is 1. The summed E-state index contributed by atoms with van der Waals surface area (Å²) in [7, 11) is 3.95. The van der Waals surface area contributed by atoms with Crippen molar-refractivity contribution in [2.45, 2.75) is 25.8 Å². The van der Waals surface area contributed by atoms with Crippen LogP contribution in [0.15, 0.2) is 29.1 Å². The second kappa shape index (κ2) is 8.96. The van der Waals surface area contributed by atoms with E-state index in [4.69, 9.17) is 0 Å². The minimum Gasteiger partial charge on any atom is -0.355 e. The Balaban J connectivity index is 1.70. The van der Waals surface area contributed by atoms with Crippen LogP contribution in [0.4, 0.5) is 0 Å². The monoisotopic (exact) mass is 320 g/mol. The summed E-state index contributed by atoms with van der Waals surface area (Å²) in [6.45, 7) is 9.04. The van der Waals surface area contributed by atoms with Gasteiger partial charge in [0.1, 0.15) is 0 Å². The highest BCUT2D eigenvalue weighted by Crippen LogP contribution is 2.23. The Bertz CT molecular complexity index is 495. The van der Waals surface area contributed by atoms with Crippen LogP contribution in [-0.4, -0.2) is 56.0 Å². The van der Waals surface area contributed by atoms with Crippen molar-refractivity contribution >= 4 is 17.3 Å². The molecule has 0 saturated heterocycles. The van der Waals surface area contributed by atoms with Crippen LogP contribution in [0.5, 0.6) is 0 Å². The zero-order valence-corrected chi connectivity index (χ0v) is 14.7. The number of nitrogens with zero attached hydrogens (tertiary/aromatic N) is 3. The third-order valence-electron chi connectivity index (χ3n) is 4.07. The molecule has 0 fully saturated rings. The number of fused-ring (bicyclic) bond motifs is 1. The lowest BCUT2D eigenvalue weighted by molar-refractivity contribution is 0.259. The molecule has 4 nitrogen and oxygen atoms in total. The molecule has 0 radical (unpaired) electrons. The molecule has 5 heteroatoms. The SMILES string of the molecule is C=CCCCN(C)C(=NC)NCCN1CCc2sccc2C1. The Labute approximate surface area is 138 Å². The molecule has 0 saturated carbocycles. The summed E-state index contributed by atoms with van der Waals surface area (Å²) in [5.74, 6) is 0.984. The predicted molar refractivity (Wildman–Crippen MR) is 96.7 cm³/mol. The van der Waals surface area contributed by atoms with Crippen LogP contribution in [-0.2, 0) is 13.0 Å². The number of rotatable bonds is 7. The van der Waals surface area contributed by atoms with E-state index in [1.54, 1.807) is 4.88 Å². The lowest BCUT2D eigenvalue weighted by Crippen LogP contribution is -2.43. The van der Waals surface area contributed by atoms with Gasteiger partial charge in [0.15, 0.2) is 5.96 Å². The van der Waals surface area contributed by atoms with Gasteiger partial charge in [0, 0.05) is 51.7 Å². The highest BCUT2D eigenvalue weighted by atomic mass is 32.1. The van der Waals surface area contributed by atoms with E-state index >= 15 is 0 Å². The van der Waals surface area contributed by atoms with Crippen molar-refractivity contribution in [1.82, 2.24) is 15.1 Å². The van der Waals surface area contributed by atoms with Crippen LogP contribution in [0.2, 0.25) is 0 Å². The Morgan fingerprint density at radius 3 is 3.23 bits per heavy atom. The fraction of sp³-hybridized carbons (Fsp3) is 0.588. The first-order valence-electron chi connectivity index (χ1n) is 8.05. The second-order valence-corrected chi connectivity index (χ2v) is 6.72. The Morgan fingerprint density at radius 1 is 1.59 bits per heavy atom. The minimum absolute atomic E-state index is 0.942. The molecular weight excluding hydrogens is 292 g/mol. The molecule has 22 heavy (non-hydrogen) atoms. The van der Waals surface area contributed by atoms with Crippen LogP contribution in [0.3, 0.4) is 0 Å². The Hall–Kier alpha value is -1.33. The number of unbranched alkanes of at least 4 members (excludes halogenated alkanes) is 1. The van der Waals surface area contributed by atoms with Crippen LogP contribution in [0.1, 0.15) is 23.3 Å². The maximum Gasteiger partial charge on any atom is 0.193 e. The largest absolute Gasteiger partial charge is 0.355 e.